The lowest BCUT2D eigenvalue weighted by atomic mass is 10.0. The molecule has 0 fully saturated rings. The van der Waals surface area contributed by atoms with Gasteiger partial charge in [0.2, 0.25) is 0 Å². The van der Waals surface area contributed by atoms with Crippen LogP contribution in [0.2, 0.25) is 0 Å². The van der Waals surface area contributed by atoms with Crippen LogP contribution in [0.1, 0.15) is 20.8 Å². The second-order valence-corrected chi connectivity index (χ2v) is 2.96. The highest BCUT2D eigenvalue weighted by Gasteiger charge is 2.03. The summed E-state index contributed by atoms with van der Waals surface area (Å²) >= 11 is 0. The summed E-state index contributed by atoms with van der Waals surface area (Å²) in [5.41, 5.74) is 2.37. The average Bonchev–Trinajstić information content (AvgIpc) is 2.13. The van der Waals surface area contributed by atoms with Crippen molar-refractivity contribution in [2.45, 2.75) is 20.8 Å². The van der Waals surface area contributed by atoms with Crippen LogP contribution in [-0.4, -0.2) is 5.87 Å². The summed E-state index contributed by atoms with van der Waals surface area (Å²) in [7, 11) is 0. The number of nitrogens with zero attached hydrogens (tertiary/aromatic N) is 1. The topological polar surface area (TPSA) is 12.4 Å². The third kappa shape index (κ3) is 1.92. The summed E-state index contributed by atoms with van der Waals surface area (Å²) in [5, 5.41) is 0. The standard InChI is InChI=1S/C10H13N/c1-8(2)10-6-4-5-7-11-9(10)3/h4-6,8H,1-3H3. The van der Waals surface area contributed by atoms with Gasteiger partial charge in [-0.25, -0.2) is 4.99 Å². The average molecular weight is 147 g/mol. The molecule has 11 heavy (non-hydrogen) atoms. The predicted molar refractivity (Wildman–Crippen MR) is 48.7 cm³/mol. The zero-order valence-electron chi connectivity index (χ0n) is 7.26. The van der Waals surface area contributed by atoms with Crippen molar-refractivity contribution in [3.8, 4) is 0 Å². The highest BCUT2D eigenvalue weighted by molar-refractivity contribution is 5.59. The molecule has 0 amide bonds. The van der Waals surface area contributed by atoms with Crippen molar-refractivity contribution in [1.82, 2.24) is 0 Å². The minimum Gasteiger partial charge on any atom is -0.211 e. The molecule has 0 radical (unpaired) electrons. The smallest absolute Gasteiger partial charge is 0.0507 e. The van der Waals surface area contributed by atoms with E-state index in [4.69, 9.17) is 0 Å². The Balaban J connectivity index is 3.03. The number of rotatable bonds is 1. The first-order valence-electron chi connectivity index (χ1n) is 3.88. The molecule has 0 N–H and O–H groups in total. The molecule has 0 unspecified atom stereocenters. The fourth-order valence-corrected chi connectivity index (χ4v) is 1.12. The zero-order chi connectivity index (χ0) is 8.27. The summed E-state index contributed by atoms with van der Waals surface area (Å²) < 4.78 is 0. The van der Waals surface area contributed by atoms with Crippen LogP contribution in [0, 0.1) is 5.92 Å². The van der Waals surface area contributed by atoms with E-state index in [-0.39, 0.29) is 0 Å². The first-order valence-corrected chi connectivity index (χ1v) is 3.88. The normalized spacial score (nSPS) is 16.4. The molecule has 0 bridgehead atoms. The van der Waals surface area contributed by atoms with Crippen LogP contribution >= 0.6 is 0 Å². The monoisotopic (exact) mass is 147 g/mol. The molecule has 0 aromatic heterocycles. The van der Waals surface area contributed by atoms with Gasteiger partial charge in [-0.2, -0.15) is 0 Å². The van der Waals surface area contributed by atoms with E-state index in [1.165, 1.54) is 5.57 Å². The van der Waals surface area contributed by atoms with Crippen LogP contribution in [0.25, 0.3) is 0 Å². The van der Waals surface area contributed by atoms with Crippen molar-refractivity contribution in [3.63, 3.8) is 0 Å². The van der Waals surface area contributed by atoms with Crippen molar-refractivity contribution in [2.75, 3.05) is 0 Å². The molecular weight excluding hydrogens is 134 g/mol. The maximum absolute atomic E-state index is 4.14. The summed E-state index contributed by atoms with van der Waals surface area (Å²) in [6.07, 6.45) is 5.91. The SMILES string of the molecule is CC1=C(C(C)C)C=CC=C=N1. The van der Waals surface area contributed by atoms with Gasteiger partial charge < -0.3 is 0 Å². The second-order valence-electron chi connectivity index (χ2n) is 2.96. The van der Waals surface area contributed by atoms with E-state index >= 15 is 0 Å². The lowest BCUT2D eigenvalue weighted by Crippen LogP contribution is -1.92. The Morgan fingerprint density at radius 3 is 2.82 bits per heavy atom. The van der Waals surface area contributed by atoms with Crippen LogP contribution < -0.4 is 0 Å². The Morgan fingerprint density at radius 2 is 2.18 bits per heavy atom. The summed E-state index contributed by atoms with van der Waals surface area (Å²) in [6, 6.07) is 0. The molecule has 0 saturated heterocycles. The van der Waals surface area contributed by atoms with Gasteiger partial charge in [0.25, 0.3) is 0 Å². The largest absolute Gasteiger partial charge is 0.211 e. The molecule has 0 saturated carbocycles. The van der Waals surface area contributed by atoms with Gasteiger partial charge in [-0.1, -0.05) is 26.0 Å². The molecule has 1 nitrogen and oxygen atoms in total. The Hall–Kier alpha value is -1.07. The molecule has 0 atom stereocenters. The number of hydrogen-bond donors (Lipinski definition) is 0. The molecule has 1 aliphatic rings. The molecule has 58 valence electrons. The lowest BCUT2D eigenvalue weighted by molar-refractivity contribution is 0.778. The van der Waals surface area contributed by atoms with Crippen molar-refractivity contribution < 1.29 is 0 Å². The lowest BCUT2D eigenvalue weighted by Gasteiger charge is -2.06. The van der Waals surface area contributed by atoms with Gasteiger partial charge in [-0.15, -0.1) is 0 Å². The zero-order valence-corrected chi connectivity index (χ0v) is 7.26. The van der Waals surface area contributed by atoms with Gasteiger partial charge in [0, 0.05) is 0 Å². The van der Waals surface area contributed by atoms with E-state index in [0.717, 1.165) is 5.70 Å². The van der Waals surface area contributed by atoms with E-state index in [0.29, 0.717) is 5.92 Å². The van der Waals surface area contributed by atoms with Crippen LogP contribution in [0.4, 0.5) is 0 Å². The van der Waals surface area contributed by atoms with Crippen LogP contribution in [0.5, 0.6) is 0 Å². The highest BCUT2D eigenvalue weighted by Crippen LogP contribution is 2.17. The van der Waals surface area contributed by atoms with Crippen LogP contribution in [0.15, 0.2) is 34.5 Å². The summed E-state index contributed by atoms with van der Waals surface area (Å²) in [6.45, 7) is 6.36. The number of allylic oxidation sites excluding steroid dienone is 5. The molecule has 1 aliphatic heterocycles. The van der Waals surface area contributed by atoms with E-state index in [2.05, 4.69) is 30.8 Å². The van der Waals surface area contributed by atoms with Gasteiger partial charge in [-0.3, -0.25) is 0 Å². The molecule has 1 heteroatoms. The molecule has 0 spiro atoms. The van der Waals surface area contributed by atoms with Crippen molar-refractivity contribution in [3.05, 3.63) is 29.5 Å². The molecule has 0 aromatic rings. The van der Waals surface area contributed by atoms with E-state index < -0.39 is 0 Å². The molecule has 0 aromatic carbocycles. The Bertz CT molecular complexity index is 261. The fourth-order valence-electron chi connectivity index (χ4n) is 1.12. The third-order valence-electron chi connectivity index (χ3n) is 1.72. The second kappa shape index (κ2) is 3.36. The van der Waals surface area contributed by atoms with E-state index in [9.17, 15) is 0 Å². The summed E-state index contributed by atoms with van der Waals surface area (Å²) in [5.74, 6) is 3.38. The maximum Gasteiger partial charge on any atom is 0.0507 e. The number of aliphatic imine (C=N–C) groups is 1. The van der Waals surface area contributed by atoms with Gasteiger partial charge >= 0.3 is 0 Å². The highest BCUT2D eigenvalue weighted by atomic mass is 14.7. The first kappa shape index (κ1) is 8.03. The Labute approximate surface area is 67.8 Å². The Kier molecular flexibility index (Phi) is 2.45. The van der Waals surface area contributed by atoms with Crippen molar-refractivity contribution in [1.29, 1.82) is 0 Å². The predicted octanol–water partition coefficient (Wildman–Crippen LogP) is 2.71. The Morgan fingerprint density at radius 1 is 1.45 bits per heavy atom. The molecule has 1 rings (SSSR count). The quantitative estimate of drug-likeness (QED) is 0.540. The fraction of sp³-hybridized carbons (Fsp3) is 0.400. The molecule has 1 heterocycles. The van der Waals surface area contributed by atoms with Gasteiger partial charge in [0.1, 0.15) is 0 Å². The first-order chi connectivity index (χ1) is 5.22. The van der Waals surface area contributed by atoms with E-state index in [1.54, 1.807) is 0 Å². The third-order valence-corrected chi connectivity index (χ3v) is 1.72. The van der Waals surface area contributed by atoms with Gasteiger partial charge in [0.05, 0.1) is 5.70 Å². The van der Waals surface area contributed by atoms with Crippen molar-refractivity contribution in [2.24, 2.45) is 10.9 Å². The van der Waals surface area contributed by atoms with Crippen LogP contribution in [-0.2, 0) is 0 Å². The minimum absolute atomic E-state index is 0.545. The van der Waals surface area contributed by atoms with Gasteiger partial charge in [0.15, 0.2) is 0 Å². The van der Waals surface area contributed by atoms with Crippen LogP contribution in [0.3, 0.4) is 0 Å². The van der Waals surface area contributed by atoms with E-state index in [1.807, 2.05) is 19.1 Å². The van der Waals surface area contributed by atoms with Gasteiger partial charge in [-0.05, 0) is 30.4 Å². The minimum atomic E-state index is 0.545. The number of hydrogen-bond acceptors (Lipinski definition) is 1. The maximum atomic E-state index is 4.14. The summed E-state index contributed by atoms with van der Waals surface area (Å²) in [4.78, 5) is 4.14. The molecule has 0 aliphatic carbocycles. The molecular formula is C10H13N. The van der Waals surface area contributed by atoms with Crippen molar-refractivity contribution >= 4 is 5.87 Å².